The third kappa shape index (κ3) is 3.36. The van der Waals surface area contributed by atoms with Gasteiger partial charge in [-0.2, -0.15) is 5.10 Å². The molecule has 114 valence electrons. The van der Waals surface area contributed by atoms with Gasteiger partial charge in [0.05, 0.1) is 20.4 Å². The van der Waals surface area contributed by atoms with Gasteiger partial charge >= 0.3 is 0 Å². The Kier molecular flexibility index (Phi) is 4.85. The van der Waals surface area contributed by atoms with E-state index in [1.54, 1.807) is 14.2 Å². The molecule has 0 aliphatic rings. The summed E-state index contributed by atoms with van der Waals surface area (Å²) >= 11 is 0. The Labute approximate surface area is 125 Å². The predicted octanol–water partition coefficient (Wildman–Crippen LogP) is 2.70. The first-order chi connectivity index (χ1) is 10.1. The number of benzene rings is 1. The van der Waals surface area contributed by atoms with Crippen molar-refractivity contribution in [2.45, 2.75) is 33.4 Å². The second-order valence-electron chi connectivity index (χ2n) is 5.24. The van der Waals surface area contributed by atoms with Crippen LogP contribution in [0.5, 0.6) is 11.5 Å². The van der Waals surface area contributed by atoms with Crippen molar-refractivity contribution in [1.82, 2.24) is 15.1 Å². The monoisotopic (exact) mass is 289 g/mol. The van der Waals surface area contributed by atoms with Crippen LogP contribution in [0, 0.1) is 6.92 Å². The smallest absolute Gasteiger partial charge is 0.148 e. The molecule has 0 bridgehead atoms. The van der Waals surface area contributed by atoms with Crippen molar-refractivity contribution in [1.29, 1.82) is 0 Å². The molecule has 0 amide bonds. The van der Waals surface area contributed by atoms with Crippen molar-refractivity contribution >= 4 is 0 Å². The van der Waals surface area contributed by atoms with Gasteiger partial charge in [0.1, 0.15) is 17.2 Å². The molecule has 2 rings (SSSR count). The molecular formula is C16H23N3O2. The molecule has 21 heavy (non-hydrogen) atoms. The molecule has 0 saturated heterocycles. The van der Waals surface area contributed by atoms with Crippen molar-refractivity contribution in [3.05, 3.63) is 35.7 Å². The number of methoxy groups -OCH3 is 2. The zero-order valence-electron chi connectivity index (χ0n) is 13.3. The first-order valence-corrected chi connectivity index (χ1v) is 7.06. The minimum absolute atomic E-state index is 0.447. The highest BCUT2D eigenvalue weighted by atomic mass is 16.5. The topological polar surface area (TPSA) is 48.3 Å². The Hall–Kier alpha value is -2.01. The van der Waals surface area contributed by atoms with Crippen LogP contribution in [0.3, 0.4) is 0 Å². The third-order valence-electron chi connectivity index (χ3n) is 3.43. The van der Waals surface area contributed by atoms with Crippen LogP contribution in [-0.4, -0.2) is 30.0 Å². The zero-order chi connectivity index (χ0) is 15.4. The summed E-state index contributed by atoms with van der Waals surface area (Å²) < 4.78 is 12.6. The van der Waals surface area contributed by atoms with Crippen molar-refractivity contribution in [2.75, 3.05) is 14.2 Å². The Balaban J connectivity index is 2.34. The fraction of sp³-hybridized carbons (Fsp3) is 0.438. The molecule has 0 fully saturated rings. The highest BCUT2D eigenvalue weighted by Gasteiger charge is 2.13. The van der Waals surface area contributed by atoms with Gasteiger partial charge in [0.2, 0.25) is 0 Å². The van der Waals surface area contributed by atoms with Crippen LogP contribution in [0.4, 0.5) is 0 Å². The number of hydrogen-bond donors (Lipinski definition) is 1. The molecule has 0 aliphatic carbocycles. The molecule has 0 saturated carbocycles. The van der Waals surface area contributed by atoms with E-state index in [4.69, 9.17) is 9.47 Å². The molecule has 1 aromatic carbocycles. The van der Waals surface area contributed by atoms with Crippen LogP contribution in [0.15, 0.2) is 24.4 Å². The average molecular weight is 289 g/mol. The maximum absolute atomic E-state index is 5.45. The second-order valence-corrected chi connectivity index (χ2v) is 5.24. The number of aromatic nitrogens is 2. The third-order valence-corrected chi connectivity index (χ3v) is 3.43. The lowest BCUT2D eigenvalue weighted by atomic mass is 10.2. The van der Waals surface area contributed by atoms with Gasteiger partial charge in [-0.05, 0) is 19.1 Å². The quantitative estimate of drug-likeness (QED) is 0.888. The van der Waals surface area contributed by atoms with E-state index in [0.29, 0.717) is 6.04 Å². The first kappa shape index (κ1) is 15.4. The summed E-state index contributed by atoms with van der Waals surface area (Å²) in [5.41, 5.74) is 3.19. The predicted molar refractivity (Wildman–Crippen MR) is 83.4 cm³/mol. The van der Waals surface area contributed by atoms with Crippen LogP contribution in [0.1, 0.15) is 25.1 Å². The largest absolute Gasteiger partial charge is 0.497 e. The minimum Gasteiger partial charge on any atom is -0.497 e. The van der Waals surface area contributed by atoms with Crippen LogP contribution < -0.4 is 14.8 Å². The molecule has 0 radical (unpaired) electrons. The van der Waals surface area contributed by atoms with Crippen molar-refractivity contribution in [2.24, 2.45) is 0 Å². The van der Waals surface area contributed by atoms with Gasteiger partial charge in [0.25, 0.3) is 0 Å². The molecule has 0 aliphatic heterocycles. The fourth-order valence-electron chi connectivity index (χ4n) is 2.13. The summed E-state index contributed by atoms with van der Waals surface area (Å²) in [6.45, 7) is 7.13. The van der Waals surface area contributed by atoms with Gasteiger partial charge in [0.15, 0.2) is 0 Å². The van der Waals surface area contributed by atoms with Crippen molar-refractivity contribution in [3.8, 4) is 17.2 Å². The lowest BCUT2D eigenvalue weighted by molar-refractivity contribution is 0.392. The van der Waals surface area contributed by atoms with Crippen molar-refractivity contribution < 1.29 is 9.47 Å². The summed E-state index contributed by atoms with van der Waals surface area (Å²) in [5.74, 6) is 1.51. The van der Waals surface area contributed by atoms with Crippen LogP contribution in [0.25, 0.3) is 5.69 Å². The van der Waals surface area contributed by atoms with E-state index < -0.39 is 0 Å². The number of nitrogens with zero attached hydrogens (tertiary/aromatic N) is 2. The minimum atomic E-state index is 0.447. The molecule has 2 aromatic rings. The van der Waals surface area contributed by atoms with E-state index in [1.165, 1.54) is 5.56 Å². The lowest BCUT2D eigenvalue weighted by Gasteiger charge is -2.12. The van der Waals surface area contributed by atoms with Gasteiger partial charge in [-0.1, -0.05) is 13.8 Å². The van der Waals surface area contributed by atoms with E-state index >= 15 is 0 Å². The van der Waals surface area contributed by atoms with E-state index in [9.17, 15) is 0 Å². The highest BCUT2D eigenvalue weighted by Crippen LogP contribution is 2.28. The van der Waals surface area contributed by atoms with Crippen LogP contribution >= 0.6 is 0 Å². The molecule has 1 aromatic heterocycles. The summed E-state index contributed by atoms with van der Waals surface area (Å²) in [7, 11) is 3.29. The average Bonchev–Trinajstić information content (AvgIpc) is 2.85. The summed E-state index contributed by atoms with van der Waals surface area (Å²) in [5, 5.41) is 7.89. The van der Waals surface area contributed by atoms with Crippen LogP contribution in [-0.2, 0) is 6.54 Å². The fourth-order valence-corrected chi connectivity index (χ4v) is 2.13. The Morgan fingerprint density at radius 3 is 2.62 bits per heavy atom. The highest BCUT2D eigenvalue weighted by molar-refractivity contribution is 5.51. The normalized spacial score (nSPS) is 11.0. The van der Waals surface area contributed by atoms with Crippen molar-refractivity contribution in [3.63, 3.8) is 0 Å². The van der Waals surface area contributed by atoms with Crippen LogP contribution in [0.2, 0.25) is 0 Å². The van der Waals surface area contributed by atoms with E-state index in [-0.39, 0.29) is 0 Å². The molecular weight excluding hydrogens is 266 g/mol. The molecule has 0 unspecified atom stereocenters. The standard InChI is InChI=1S/C16H23N3O2/c1-11(2)17-9-13-10-18-19(12(13)3)15-7-6-14(20-4)8-16(15)21-5/h6-8,10-11,17H,9H2,1-5H3. The lowest BCUT2D eigenvalue weighted by Crippen LogP contribution is -2.22. The maximum atomic E-state index is 5.45. The number of ether oxygens (including phenoxy) is 2. The van der Waals surface area contributed by atoms with Gasteiger partial charge in [0, 0.05) is 29.9 Å². The zero-order valence-corrected chi connectivity index (χ0v) is 13.3. The number of nitrogens with one attached hydrogen (secondary N) is 1. The van der Waals surface area contributed by atoms with E-state index in [1.807, 2.05) is 29.1 Å². The Morgan fingerprint density at radius 1 is 1.24 bits per heavy atom. The van der Waals surface area contributed by atoms with Gasteiger partial charge in [-0.3, -0.25) is 0 Å². The summed E-state index contributed by atoms with van der Waals surface area (Å²) in [6.07, 6.45) is 1.90. The first-order valence-electron chi connectivity index (χ1n) is 7.06. The Bertz CT molecular complexity index is 606. The molecule has 1 heterocycles. The Morgan fingerprint density at radius 2 is 2.00 bits per heavy atom. The van der Waals surface area contributed by atoms with E-state index in [2.05, 4.69) is 31.2 Å². The number of rotatable bonds is 6. The summed E-state index contributed by atoms with van der Waals surface area (Å²) in [6, 6.07) is 6.17. The van der Waals surface area contributed by atoms with Gasteiger partial charge < -0.3 is 14.8 Å². The molecule has 0 atom stereocenters. The molecule has 5 nitrogen and oxygen atoms in total. The van der Waals surface area contributed by atoms with Gasteiger partial charge in [-0.25, -0.2) is 4.68 Å². The maximum Gasteiger partial charge on any atom is 0.148 e. The van der Waals surface area contributed by atoms with E-state index in [0.717, 1.165) is 29.4 Å². The summed E-state index contributed by atoms with van der Waals surface area (Å²) in [4.78, 5) is 0. The molecule has 1 N–H and O–H groups in total. The second kappa shape index (κ2) is 6.63. The molecule has 0 spiro atoms. The number of hydrogen-bond acceptors (Lipinski definition) is 4. The molecule has 5 heteroatoms. The SMILES string of the molecule is COc1ccc(-n2ncc(CNC(C)C)c2C)c(OC)c1. The van der Waals surface area contributed by atoms with Gasteiger partial charge in [-0.15, -0.1) is 0 Å².